The number of rotatable bonds is 5. The molecule has 0 aliphatic rings. The predicted molar refractivity (Wildman–Crippen MR) is 62.4 cm³/mol. The average Bonchev–Trinajstić information content (AvgIpc) is 2.27. The van der Waals surface area contributed by atoms with Crippen LogP contribution in [0.4, 0.5) is 0 Å². The van der Waals surface area contributed by atoms with Crippen molar-refractivity contribution in [1.29, 1.82) is 0 Å². The van der Waals surface area contributed by atoms with Crippen molar-refractivity contribution in [2.24, 2.45) is 5.92 Å². The fourth-order valence-electron chi connectivity index (χ4n) is 0.668. The Morgan fingerprint density at radius 3 is 1.43 bits per heavy atom. The molecule has 0 saturated carbocycles. The summed E-state index contributed by atoms with van der Waals surface area (Å²) >= 11 is 0. The molecule has 88 valence electrons. The standard InChI is InChI=1S/C6H14O2.C6H14/c1-4-6(3,5-2)8-7;1-4-6(3)5-2/h7H,4-5H2,1-3H3;6H,4-5H2,1-3H3. The molecule has 0 aliphatic heterocycles. The fourth-order valence-corrected chi connectivity index (χ4v) is 0.668. The van der Waals surface area contributed by atoms with E-state index in [0.29, 0.717) is 0 Å². The van der Waals surface area contributed by atoms with Gasteiger partial charge in [0.25, 0.3) is 0 Å². The first-order chi connectivity index (χ1) is 6.49. The molecule has 2 nitrogen and oxygen atoms in total. The maximum atomic E-state index is 8.29. The van der Waals surface area contributed by atoms with E-state index in [2.05, 4.69) is 25.7 Å². The first-order valence-corrected chi connectivity index (χ1v) is 5.82. The molecular formula is C12H28O2. The van der Waals surface area contributed by atoms with Crippen LogP contribution in [-0.2, 0) is 4.89 Å². The molecule has 14 heavy (non-hydrogen) atoms. The lowest BCUT2D eigenvalue weighted by molar-refractivity contribution is -0.319. The minimum Gasteiger partial charge on any atom is -0.251 e. The zero-order valence-corrected chi connectivity index (χ0v) is 10.8. The largest absolute Gasteiger partial charge is 0.251 e. The Bertz CT molecular complexity index is 96.6. The van der Waals surface area contributed by atoms with Crippen LogP contribution >= 0.6 is 0 Å². The summed E-state index contributed by atoms with van der Waals surface area (Å²) in [6, 6.07) is 0. The Morgan fingerprint density at radius 1 is 1.07 bits per heavy atom. The lowest BCUT2D eigenvalue weighted by atomic mass is 10.0. The summed E-state index contributed by atoms with van der Waals surface area (Å²) in [6.45, 7) is 12.6. The second-order valence-electron chi connectivity index (χ2n) is 4.17. The third-order valence-corrected chi connectivity index (χ3v) is 3.11. The van der Waals surface area contributed by atoms with Gasteiger partial charge in [-0.25, -0.2) is 4.89 Å². The predicted octanol–water partition coefficient (Wildman–Crippen LogP) is 4.50. The highest BCUT2D eigenvalue weighted by Gasteiger charge is 2.19. The van der Waals surface area contributed by atoms with Crippen LogP contribution in [-0.4, -0.2) is 10.9 Å². The van der Waals surface area contributed by atoms with Crippen molar-refractivity contribution in [3.63, 3.8) is 0 Å². The molecule has 0 heterocycles. The normalized spacial score (nSPS) is 11.1. The number of hydrogen-bond donors (Lipinski definition) is 1. The van der Waals surface area contributed by atoms with Gasteiger partial charge in [0.15, 0.2) is 0 Å². The first kappa shape index (κ1) is 16.4. The van der Waals surface area contributed by atoms with Crippen LogP contribution < -0.4 is 0 Å². The zero-order valence-electron chi connectivity index (χ0n) is 10.8. The van der Waals surface area contributed by atoms with E-state index in [1.807, 2.05) is 20.8 Å². The minimum atomic E-state index is -0.319. The van der Waals surface area contributed by atoms with Crippen molar-refractivity contribution in [3.8, 4) is 0 Å². The molecule has 0 amide bonds. The summed E-state index contributed by atoms with van der Waals surface area (Å²) in [5.74, 6) is 0.935. The van der Waals surface area contributed by atoms with Crippen LogP contribution in [0.5, 0.6) is 0 Å². The van der Waals surface area contributed by atoms with E-state index in [1.54, 1.807) is 0 Å². The molecule has 2 heteroatoms. The molecule has 0 spiro atoms. The molecule has 0 aromatic rings. The average molecular weight is 204 g/mol. The highest BCUT2D eigenvalue weighted by Crippen LogP contribution is 2.16. The SMILES string of the molecule is CCC(C)(CC)OO.CCC(C)CC. The Kier molecular flexibility index (Phi) is 11.1. The van der Waals surface area contributed by atoms with Gasteiger partial charge in [0.2, 0.25) is 0 Å². The molecule has 0 aromatic heterocycles. The van der Waals surface area contributed by atoms with Crippen LogP contribution in [0.3, 0.4) is 0 Å². The molecule has 0 rings (SSSR count). The van der Waals surface area contributed by atoms with E-state index < -0.39 is 0 Å². The molecule has 0 saturated heterocycles. The maximum Gasteiger partial charge on any atom is 0.1000 e. The van der Waals surface area contributed by atoms with Gasteiger partial charge in [-0.05, 0) is 25.7 Å². The van der Waals surface area contributed by atoms with Gasteiger partial charge in [-0.1, -0.05) is 47.5 Å². The molecule has 1 N–H and O–H groups in total. The van der Waals surface area contributed by atoms with Crippen molar-refractivity contribution in [2.75, 3.05) is 0 Å². The summed E-state index contributed by atoms with van der Waals surface area (Å²) in [4.78, 5) is 4.24. The molecule has 0 bridgehead atoms. The smallest absolute Gasteiger partial charge is 0.1000 e. The van der Waals surface area contributed by atoms with Gasteiger partial charge in [-0.2, -0.15) is 0 Å². The van der Waals surface area contributed by atoms with Gasteiger partial charge in [0.1, 0.15) is 0 Å². The third kappa shape index (κ3) is 8.52. The van der Waals surface area contributed by atoms with E-state index in [-0.39, 0.29) is 5.60 Å². The molecule has 0 aromatic carbocycles. The fraction of sp³-hybridized carbons (Fsp3) is 1.00. The third-order valence-electron chi connectivity index (χ3n) is 3.11. The Balaban J connectivity index is 0. The molecule has 0 unspecified atom stereocenters. The maximum absolute atomic E-state index is 8.29. The van der Waals surface area contributed by atoms with Crippen molar-refractivity contribution in [3.05, 3.63) is 0 Å². The first-order valence-electron chi connectivity index (χ1n) is 5.82. The molecule has 0 fully saturated rings. The second kappa shape index (κ2) is 9.47. The second-order valence-corrected chi connectivity index (χ2v) is 4.17. The van der Waals surface area contributed by atoms with E-state index in [0.717, 1.165) is 18.8 Å². The highest BCUT2D eigenvalue weighted by atomic mass is 17.1. The lowest BCUT2D eigenvalue weighted by Gasteiger charge is -2.21. The summed E-state index contributed by atoms with van der Waals surface area (Å²) in [5, 5.41) is 8.29. The van der Waals surface area contributed by atoms with E-state index in [4.69, 9.17) is 5.26 Å². The van der Waals surface area contributed by atoms with Gasteiger partial charge >= 0.3 is 0 Å². The van der Waals surface area contributed by atoms with Crippen molar-refractivity contribution in [1.82, 2.24) is 0 Å². The zero-order chi connectivity index (χ0) is 11.6. The monoisotopic (exact) mass is 204 g/mol. The Labute approximate surface area is 89.6 Å². The van der Waals surface area contributed by atoms with Crippen molar-refractivity contribution < 1.29 is 10.1 Å². The van der Waals surface area contributed by atoms with Crippen LogP contribution in [0.1, 0.15) is 67.2 Å². The molecule has 0 atom stereocenters. The Hall–Kier alpha value is -0.0800. The lowest BCUT2D eigenvalue weighted by Crippen LogP contribution is -2.24. The molecule has 0 aliphatic carbocycles. The van der Waals surface area contributed by atoms with Gasteiger partial charge in [0, 0.05) is 0 Å². The van der Waals surface area contributed by atoms with Crippen LogP contribution in [0.15, 0.2) is 0 Å². The summed E-state index contributed by atoms with van der Waals surface area (Å²) in [5.41, 5.74) is -0.319. The highest BCUT2D eigenvalue weighted by molar-refractivity contribution is 4.67. The number of hydrogen-bond acceptors (Lipinski definition) is 2. The van der Waals surface area contributed by atoms with E-state index in [1.165, 1.54) is 12.8 Å². The van der Waals surface area contributed by atoms with Crippen LogP contribution in [0.2, 0.25) is 0 Å². The van der Waals surface area contributed by atoms with Gasteiger partial charge in [0.05, 0.1) is 5.60 Å². The van der Waals surface area contributed by atoms with E-state index in [9.17, 15) is 0 Å². The van der Waals surface area contributed by atoms with Crippen molar-refractivity contribution >= 4 is 0 Å². The molecule has 0 radical (unpaired) electrons. The van der Waals surface area contributed by atoms with Gasteiger partial charge in [-0.3, -0.25) is 5.26 Å². The Morgan fingerprint density at radius 2 is 1.43 bits per heavy atom. The summed E-state index contributed by atoms with van der Waals surface area (Å²) in [6.07, 6.45) is 4.35. The minimum absolute atomic E-state index is 0.319. The van der Waals surface area contributed by atoms with Crippen molar-refractivity contribution in [2.45, 2.75) is 72.8 Å². The summed E-state index contributed by atoms with van der Waals surface area (Å²) < 4.78 is 0. The topological polar surface area (TPSA) is 29.5 Å². The molecular weight excluding hydrogens is 176 g/mol. The van der Waals surface area contributed by atoms with E-state index >= 15 is 0 Å². The van der Waals surface area contributed by atoms with Crippen LogP contribution in [0.25, 0.3) is 0 Å². The van der Waals surface area contributed by atoms with Gasteiger partial charge in [-0.15, -0.1) is 0 Å². The summed E-state index contributed by atoms with van der Waals surface area (Å²) in [7, 11) is 0. The quantitative estimate of drug-likeness (QED) is 0.528. The van der Waals surface area contributed by atoms with Crippen LogP contribution in [0, 0.1) is 5.92 Å². The van der Waals surface area contributed by atoms with Gasteiger partial charge < -0.3 is 0 Å².